The fourth-order valence-corrected chi connectivity index (χ4v) is 1.55. The maximum Gasteiger partial charge on any atom is 0.359 e. The molecule has 0 fully saturated rings. The molecule has 0 saturated heterocycles. The van der Waals surface area contributed by atoms with Gasteiger partial charge in [-0.05, 0) is 6.54 Å². The molecule has 16 heavy (non-hydrogen) atoms. The summed E-state index contributed by atoms with van der Waals surface area (Å²) in [6, 6.07) is 0. The van der Waals surface area contributed by atoms with Crippen molar-refractivity contribution in [2.75, 3.05) is 6.54 Å². The number of nitrogens with one attached hydrogen (secondary N) is 1. The van der Waals surface area contributed by atoms with Crippen LogP contribution in [-0.4, -0.2) is 32.5 Å². The predicted molar refractivity (Wildman–Crippen MR) is 59.1 cm³/mol. The highest BCUT2D eigenvalue weighted by Crippen LogP contribution is 2.31. The molecule has 1 aromatic heterocycles. The van der Waals surface area contributed by atoms with Crippen LogP contribution in [0, 0.1) is 0 Å². The molecule has 1 aromatic rings. The third-order valence-corrected chi connectivity index (χ3v) is 2.80. The molecule has 0 aliphatic rings. The van der Waals surface area contributed by atoms with Crippen LogP contribution >= 0.6 is 7.60 Å². The van der Waals surface area contributed by atoms with Crippen molar-refractivity contribution in [2.24, 2.45) is 5.73 Å². The Bertz CT molecular complexity index is 377. The van der Waals surface area contributed by atoms with E-state index in [-0.39, 0.29) is 11.5 Å². The second-order valence-electron chi connectivity index (χ2n) is 3.27. The van der Waals surface area contributed by atoms with Crippen molar-refractivity contribution in [3.63, 3.8) is 0 Å². The quantitative estimate of drug-likeness (QED) is 0.377. The summed E-state index contributed by atoms with van der Waals surface area (Å²) in [6.45, 7) is 2.67. The normalized spacial score (nSPS) is 13.8. The van der Waals surface area contributed by atoms with Gasteiger partial charge in [-0.3, -0.25) is 4.57 Å². The van der Waals surface area contributed by atoms with Crippen LogP contribution in [0.1, 0.15) is 12.7 Å². The molecular formula is C8H15N4O3P. The third-order valence-electron chi connectivity index (χ3n) is 1.90. The van der Waals surface area contributed by atoms with E-state index in [0.29, 0.717) is 12.2 Å². The van der Waals surface area contributed by atoms with Gasteiger partial charge in [-0.2, -0.15) is 0 Å². The van der Waals surface area contributed by atoms with Gasteiger partial charge >= 0.3 is 7.60 Å². The molecule has 0 bridgehead atoms. The van der Waals surface area contributed by atoms with E-state index in [0.717, 1.165) is 18.9 Å². The molecule has 1 rings (SSSR count). The minimum atomic E-state index is -4.26. The minimum Gasteiger partial charge on any atom is -0.321 e. The van der Waals surface area contributed by atoms with Crippen LogP contribution in [0.5, 0.6) is 0 Å². The molecule has 0 aliphatic heterocycles. The SMILES string of the molecule is CCNC(N)Cc1ncc(P(=O)(O)O)cn1. The standard InChI is InChI=1S/C8H15N4O3P/c1-2-10-7(9)3-8-11-4-6(5-12-8)16(13,14)15/h4-5,7,10H,2-3,9H2,1H3,(H2,13,14,15). The monoisotopic (exact) mass is 246 g/mol. The first-order chi connectivity index (χ1) is 7.43. The molecule has 8 heteroatoms. The molecule has 90 valence electrons. The van der Waals surface area contributed by atoms with Crippen molar-refractivity contribution in [1.82, 2.24) is 15.3 Å². The lowest BCUT2D eigenvalue weighted by atomic mass is 10.3. The van der Waals surface area contributed by atoms with Gasteiger partial charge in [0.1, 0.15) is 11.1 Å². The average molecular weight is 246 g/mol. The maximum atomic E-state index is 10.8. The van der Waals surface area contributed by atoms with Gasteiger partial charge in [-0.25, -0.2) is 9.97 Å². The molecule has 0 saturated carbocycles. The van der Waals surface area contributed by atoms with Gasteiger partial charge in [0.25, 0.3) is 0 Å². The predicted octanol–water partition coefficient (Wildman–Crippen LogP) is -1.28. The van der Waals surface area contributed by atoms with Gasteiger partial charge in [0.2, 0.25) is 0 Å². The zero-order valence-corrected chi connectivity index (χ0v) is 9.76. The summed E-state index contributed by atoms with van der Waals surface area (Å²) >= 11 is 0. The first-order valence-corrected chi connectivity index (χ1v) is 6.40. The number of hydrogen-bond acceptors (Lipinski definition) is 5. The maximum absolute atomic E-state index is 10.8. The smallest absolute Gasteiger partial charge is 0.321 e. The van der Waals surface area contributed by atoms with E-state index in [9.17, 15) is 4.57 Å². The summed E-state index contributed by atoms with van der Waals surface area (Å²) in [5.74, 6) is 0.450. The number of hydrogen-bond donors (Lipinski definition) is 4. The Kier molecular flexibility index (Phi) is 4.52. The molecule has 5 N–H and O–H groups in total. The van der Waals surface area contributed by atoms with Crippen molar-refractivity contribution < 1.29 is 14.4 Å². The number of rotatable bonds is 5. The highest BCUT2D eigenvalue weighted by molar-refractivity contribution is 7.60. The number of nitrogens with zero attached hydrogens (tertiary/aromatic N) is 2. The summed E-state index contributed by atoms with van der Waals surface area (Å²) < 4.78 is 10.8. The second kappa shape index (κ2) is 5.47. The Balaban J connectivity index is 2.69. The molecule has 0 aliphatic carbocycles. The number of nitrogens with two attached hydrogens (primary N) is 1. The second-order valence-corrected chi connectivity index (χ2v) is 4.87. The first kappa shape index (κ1) is 13.2. The Hall–Kier alpha value is -0.850. The Morgan fingerprint density at radius 1 is 1.50 bits per heavy atom. The zero-order valence-electron chi connectivity index (χ0n) is 8.87. The van der Waals surface area contributed by atoms with E-state index in [4.69, 9.17) is 15.5 Å². The van der Waals surface area contributed by atoms with Crippen LogP contribution in [0.15, 0.2) is 12.4 Å². The van der Waals surface area contributed by atoms with Crippen molar-refractivity contribution in [3.8, 4) is 0 Å². The number of likely N-dealkylation sites (N-methyl/N-ethyl adjacent to an activating group) is 1. The van der Waals surface area contributed by atoms with Gasteiger partial charge in [0.05, 0.1) is 6.17 Å². The molecule has 0 spiro atoms. The van der Waals surface area contributed by atoms with E-state index in [1.165, 1.54) is 0 Å². The summed E-state index contributed by atoms with van der Waals surface area (Å²) in [7, 11) is -4.26. The Labute approximate surface area is 93.3 Å². The number of aromatic nitrogens is 2. The summed E-state index contributed by atoms with van der Waals surface area (Å²) in [5, 5.41) is 2.80. The van der Waals surface area contributed by atoms with Crippen molar-refractivity contribution in [3.05, 3.63) is 18.2 Å². The van der Waals surface area contributed by atoms with Crippen LogP contribution in [0.2, 0.25) is 0 Å². The van der Waals surface area contributed by atoms with Crippen molar-refractivity contribution in [2.45, 2.75) is 19.5 Å². The van der Waals surface area contributed by atoms with E-state index < -0.39 is 7.60 Å². The summed E-state index contributed by atoms with van der Waals surface area (Å²) in [6.07, 6.45) is 2.41. The highest BCUT2D eigenvalue weighted by atomic mass is 31.2. The van der Waals surface area contributed by atoms with Gasteiger partial charge < -0.3 is 20.8 Å². The largest absolute Gasteiger partial charge is 0.359 e. The lowest BCUT2D eigenvalue weighted by Gasteiger charge is -2.11. The first-order valence-electron chi connectivity index (χ1n) is 4.79. The molecule has 0 radical (unpaired) electrons. The summed E-state index contributed by atoms with van der Waals surface area (Å²) in [4.78, 5) is 25.4. The Morgan fingerprint density at radius 3 is 2.50 bits per heavy atom. The van der Waals surface area contributed by atoms with Crippen LogP contribution in [0.3, 0.4) is 0 Å². The summed E-state index contributed by atoms with van der Waals surface area (Å²) in [5.41, 5.74) is 5.70. The van der Waals surface area contributed by atoms with E-state index >= 15 is 0 Å². The molecule has 1 heterocycles. The topological polar surface area (TPSA) is 121 Å². The van der Waals surface area contributed by atoms with Gasteiger partial charge in [0, 0.05) is 18.8 Å². The average Bonchev–Trinajstić information content (AvgIpc) is 2.17. The van der Waals surface area contributed by atoms with Crippen LogP contribution in [-0.2, 0) is 11.0 Å². The van der Waals surface area contributed by atoms with E-state index in [2.05, 4.69) is 15.3 Å². The molecular weight excluding hydrogens is 231 g/mol. The van der Waals surface area contributed by atoms with Crippen LogP contribution in [0.4, 0.5) is 0 Å². The van der Waals surface area contributed by atoms with E-state index in [1.54, 1.807) is 0 Å². The van der Waals surface area contributed by atoms with Gasteiger partial charge in [0.15, 0.2) is 0 Å². The van der Waals surface area contributed by atoms with Crippen molar-refractivity contribution in [1.29, 1.82) is 0 Å². The highest BCUT2D eigenvalue weighted by Gasteiger charge is 2.18. The van der Waals surface area contributed by atoms with Crippen LogP contribution in [0.25, 0.3) is 0 Å². The van der Waals surface area contributed by atoms with Gasteiger partial charge in [-0.15, -0.1) is 0 Å². The Morgan fingerprint density at radius 2 is 2.06 bits per heavy atom. The zero-order chi connectivity index (χ0) is 12.2. The molecule has 0 amide bonds. The third kappa shape index (κ3) is 3.96. The molecule has 0 aromatic carbocycles. The van der Waals surface area contributed by atoms with Crippen molar-refractivity contribution >= 4 is 12.9 Å². The molecule has 7 nitrogen and oxygen atoms in total. The fourth-order valence-electron chi connectivity index (χ4n) is 1.13. The lowest BCUT2D eigenvalue weighted by Crippen LogP contribution is -2.39. The molecule has 1 unspecified atom stereocenters. The fraction of sp³-hybridized carbons (Fsp3) is 0.500. The van der Waals surface area contributed by atoms with E-state index in [1.807, 2.05) is 6.92 Å². The minimum absolute atomic E-state index is 0.187. The lowest BCUT2D eigenvalue weighted by molar-refractivity contribution is 0.387. The van der Waals surface area contributed by atoms with Crippen LogP contribution < -0.4 is 16.4 Å². The van der Waals surface area contributed by atoms with Gasteiger partial charge in [-0.1, -0.05) is 6.92 Å². The molecule has 1 atom stereocenters.